The number of hydrogen-bond donors (Lipinski definition) is 2. The molecule has 0 spiro atoms. The van der Waals surface area contributed by atoms with Gasteiger partial charge in [-0.15, -0.1) is 0 Å². The first-order valence-electron chi connectivity index (χ1n) is 8.21. The third-order valence-electron chi connectivity index (χ3n) is 3.84. The van der Waals surface area contributed by atoms with E-state index in [1.165, 1.54) is 12.1 Å². The number of rotatable bonds is 8. The van der Waals surface area contributed by atoms with Gasteiger partial charge in [-0.3, -0.25) is 14.9 Å². The van der Waals surface area contributed by atoms with Crippen LogP contribution in [0.1, 0.15) is 11.1 Å². The quantitative estimate of drug-likeness (QED) is 0.404. The molecule has 2 aromatic rings. The van der Waals surface area contributed by atoms with Crippen LogP contribution in [0.5, 0.6) is 0 Å². The molecular formula is C18H21N3O5S. The van der Waals surface area contributed by atoms with Crippen molar-refractivity contribution in [2.75, 3.05) is 24.7 Å². The Balaban J connectivity index is 1.90. The average molecular weight is 391 g/mol. The standard InChI is InChI=1S/C18H21N3O5S/c1-13-3-5-14(6-4-13)11-18(22)20-10-9-19-16-8-7-15(27(2,25)26)12-17(16)21(23)24/h3-8,12,19H,9-11H2,1-2H3,(H,20,22). The zero-order valence-corrected chi connectivity index (χ0v) is 15.9. The molecular weight excluding hydrogens is 370 g/mol. The summed E-state index contributed by atoms with van der Waals surface area (Å²) < 4.78 is 23.1. The third kappa shape index (κ3) is 6.07. The lowest BCUT2D eigenvalue weighted by atomic mass is 10.1. The van der Waals surface area contributed by atoms with E-state index in [0.29, 0.717) is 0 Å². The summed E-state index contributed by atoms with van der Waals surface area (Å²) in [4.78, 5) is 22.3. The van der Waals surface area contributed by atoms with Crippen LogP contribution in [0, 0.1) is 17.0 Å². The van der Waals surface area contributed by atoms with Gasteiger partial charge < -0.3 is 10.6 Å². The minimum Gasteiger partial charge on any atom is -0.378 e. The first-order chi connectivity index (χ1) is 12.7. The maximum absolute atomic E-state index is 11.9. The maximum atomic E-state index is 11.9. The highest BCUT2D eigenvalue weighted by atomic mass is 32.2. The van der Waals surface area contributed by atoms with Crippen molar-refractivity contribution in [3.05, 3.63) is 63.7 Å². The molecule has 1 amide bonds. The monoisotopic (exact) mass is 391 g/mol. The van der Waals surface area contributed by atoms with Gasteiger partial charge in [-0.1, -0.05) is 29.8 Å². The summed E-state index contributed by atoms with van der Waals surface area (Å²) in [6.07, 6.45) is 1.24. The fourth-order valence-electron chi connectivity index (χ4n) is 2.40. The van der Waals surface area contributed by atoms with E-state index in [9.17, 15) is 23.3 Å². The fourth-order valence-corrected chi connectivity index (χ4v) is 3.04. The van der Waals surface area contributed by atoms with Gasteiger partial charge in [0.2, 0.25) is 5.91 Å². The smallest absolute Gasteiger partial charge is 0.293 e. The molecule has 8 nitrogen and oxygen atoms in total. The van der Waals surface area contributed by atoms with E-state index >= 15 is 0 Å². The highest BCUT2D eigenvalue weighted by Crippen LogP contribution is 2.27. The first kappa shape index (κ1) is 20.4. The Hall–Kier alpha value is -2.94. The number of anilines is 1. The lowest BCUT2D eigenvalue weighted by molar-refractivity contribution is -0.384. The molecule has 0 bridgehead atoms. The lowest BCUT2D eigenvalue weighted by Gasteiger charge is -2.09. The number of carbonyl (C=O) groups is 1. The molecule has 0 radical (unpaired) electrons. The van der Waals surface area contributed by atoms with Crippen molar-refractivity contribution < 1.29 is 18.1 Å². The Morgan fingerprint density at radius 2 is 1.78 bits per heavy atom. The molecule has 0 aliphatic carbocycles. The highest BCUT2D eigenvalue weighted by molar-refractivity contribution is 7.90. The number of carbonyl (C=O) groups excluding carboxylic acids is 1. The first-order valence-corrected chi connectivity index (χ1v) is 10.1. The summed E-state index contributed by atoms with van der Waals surface area (Å²) in [6.45, 7) is 2.51. The van der Waals surface area contributed by atoms with Crippen molar-refractivity contribution in [3.8, 4) is 0 Å². The molecule has 2 rings (SSSR count). The van der Waals surface area contributed by atoms with Crippen molar-refractivity contribution >= 4 is 27.1 Å². The molecule has 2 aromatic carbocycles. The number of nitrogens with one attached hydrogen (secondary N) is 2. The van der Waals surface area contributed by atoms with Gasteiger partial charge in [-0.05, 0) is 24.6 Å². The number of aryl methyl sites for hydroxylation is 1. The van der Waals surface area contributed by atoms with Crippen LogP contribution in [-0.4, -0.2) is 38.6 Å². The zero-order chi connectivity index (χ0) is 20.0. The molecule has 27 heavy (non-hydrogen) atoms. The Bertz CT molecular complexity index is 940. The summed E-state index contributed by atoms with van der Waals surface area (Å²) in [7, 11) is -3.53. The largest absolute Gasteiger partial charge is 0.378 e. The summed E-state index contributed by atoms with van der Waals surface area (Å²) in [5, 5.41) is 16.8. The van der Waals surface area contributed by atoms with Crippen molar-refractivity contribution in [2.24, 2.45) is 0 Å². The van der Waals surface area contributed by atoms with Crippen molar-refractivity contribution in [3.63, 3.8) is 0 Å². The molecule has 144 valence electrons. The number of nitrogens with zero attached hydrogens (tertiary/aromatic N) is 1. The Morgan fingerprint density at radius 3 is 2.37 bits per heavy atom. The van der Waals surface area contributed by atoms with Gasteiger partial charge in [0, 0.05) is 25.4 Å². The maximum Gasteiger partial charge on any atom is 0.293 e. The number of hydrogen-bond acceptors (Lipinski definition) is 6. The van der Waals surface area contributed by atoms with Gasteiger partial charge in [0.1, 0.15) is 5.69 Å². The number of benzene rings is 2. The van der Waals surface area contributed by atoms with Crippen molar-refractivity contribution in [2.45, 2.75) is 18.2 Å². The second-order valence-corrected chi connectivity index (χ2v) is 8.16. The van der Waals surface area contributed by atoms with Gasteiger partial charge in [-0.2, -0.15) is 0 Å². The summed E-state index contributed by atoms with van der Waals surface area (Å²) in [6, 6.07) is 11.3. The van der Waals surface area contributed by atoms with Crippen molar-refractivity contribution in [1.82, 2.24) is 5.32 Å². The van der Waals surface area contributed by atoms with Crippen LogP contribution in [0.3, 0.4) is 0 Å². The van der Waals surface area contributed by atoms with Gasteiger partial charge in [0.05, 0.1) is 16.2 Å². The molecule has 0 aromatic heterocycles. The average Bonchev–Trinajstić information content (AvgIpc) is 2.59. The van der Waals surface area contributed by atoms with Crippen LogP contribution in [-0.2, 0) is 21.1 Å². The van der Waals surface area contributed by atoms with E-state index in [-0.39, 0.29) is 41.7 Å². The molecule has 0 aliphatic heterocycles. The normalized spacial score (nSPS) is 11.0. The van der Waals surface area contributed by atoms with E-state index in [0.717, 1.165) is 23.4 Å². The van der Waals surface area contributed by atoms with Crippen LogP contribution >= 0.6 is 0 Å². The van der Waals surface area contributed by atoms with Crippen LogP contribution in [0.25, 0.3) is 0 Å². The molecule has 0 saturated heterocycles. The topological polar surface area (TPSA) is 118 Å². The van der Waals surface area contributed by atoms with Gasteiger partial charge in [0.25, 0.3) is 5.69 Å². The van der Waals surface area contributed by atoms with Crippen LogP contribution in [0.4, 0.5) is 11.4 Å². The van der Waals surface area contributed by atoms with E-state index in [1.807, 2.05) is 31.2 Å². The molecule has 0 heterocycles. The van der Waals surface area contributed by atoms with E-state index in [4.69, 9.17) is 0 Å². The van der Waals surface area contributed by atoms with E-state index in [2.05, 4.69) is 10.6 Å². The minimum absolute atomic E-state index is 0.119. The van der Waals surface area contributed by atoms with Gasteiger partial charge in [-0.25, -0.2) is 8.42 Å². The Labute approximate surface area is 157 Å². The van der Waals surface area contributed by atoms with Crippen LogP contribution in [0.2, 0.25) is 0 Å². The molecule has 0 aliphatic rings. The lowest BCUT2D eigenvalue weighted by Crippen LogP contribution is -2.30. The van der Waals surface area contributed by atoms with Crippen molar-refractivity contribution in [1.29, 1.82) is 0 Å². The predicted molar refractivity (Wildman–Crippen MR) is 103 cm³/mol. The Morgan fingerprint density at radius 1 is 1.11 bits per heavy atom. The Kier molecular flexibility index (Phi) is 6.51. The van der Waals surface area contributed by atoms with Gasteiger partial charge >= 0.3 is 0 Å². The summed E-state index contributed by atoms with van der Waals surface area (Å²) >= 11 is 0. The molecule has 9 heteroatoms. The number of sulfone groups is 1. The molecule has 0 saturated carbocycles. The molecule has 0 unspecified atom stereocenters. The SMILES string of the molecule is Cc1ccc(CC(=O)NCCNc2ccc(S(C)(=O)=O)cc2[N+](=O)[O-])cc1. The number of nitro groups is 1. The van der Waals surface area contributed by atoms with Crippen LogP contribution in [0.15, 0.2) is 47.4 Å². The second kappa shape index (κ2) is 8.63. The molecule has 0 fully saturated rings. The number of amides is 1. The highest BCUT2D eigenvalue weighted by Gasteiger charge is 2.18. The second-order valence-electron chi connectivity index (χ2n) is 6.15. The van der Waals surface area contributed by atoms with E-state index < -0.39 is 14.8 Å². The van der Waals surface area contributed by atoms with Gasteiger partial charge in [0.15, 0.2) is 9.84 Å². The number of nitro benzene ring substituents is 1. The predicted octanol–water partition coefficient (Wildman–Crippen LogP) is 2.08. The third-order valence-corrected chi connectivity index (χ3v) is 4.95. The van der Waals surface area contributed by atoms with E-state index in [1.54, 1.807) is 0 Å². The fraction of sp³-hybridized carbons (Fsp3) is 0.278. The molecule has 0 atom stereocenters. The minimum atomic E-state index is -3.53. The zero-order valence-electron chi connectivity index (χ0n) is 15.1. The summed E-state index contributed by atoms with van der Waals surface area (Å²) in [5.74, 6) is -0.150. The van der Waals surface area contributed by atoms with Crippen LogP contribution < -0.4 is 10.6 Å². The molecule has 2 N–H and O–H groups in total. The summed E-state index contributed by atoms with van der Waals surface area (Å²) in [5.41, 5.74) is 1.88.